The number of piperidine rings is 1. The van der Waals surface area contributed by atoms with Gasteiger partial charge in [-0.3, -0.25) is 14.5 Å². The lowest BCUT2D eigenvalue weighted by Gasteiger charge is -2.39. The van der Waals surface area contributed by atoms with Crippen LogP contribution in [-0.2, 0) is 28.9 Å². The highest BCUT2D eigenvalue weighted by atomic mass is 32.1. The molecule has 1 N–H and O–H groups in total. The monoisotopic (exact) mass is 437 g/mol. The van der Waals surface area contributed by atoms with Crippen LogP contribution in [0.15, 0.2) is 41.1 Å². The van der Waals surface area contributed by atoms with E-state index >= 15 is 0 Å². The van der Waals surface area contributed by atoms with Crippen molar-refractivity contribution in [3.8, 4) is 0 Å². The van der Waals surface area contributed by atoms with E-state index in [1.54, 1.807) is 11.3 Å². The number of rotatable bonds is 4. The fourth-order valence-corrected chi connectivity index (χ4v) is 6.06. The Morgan fingerprint density at radius 1 is 1.13 bits per heavy atom. The summed E-state index contributed by atoms with van der Waals surface area (Å²) in [5, 5.41) is 7.01. The van der Waals surface area contributed by atoms with Gasteiger partial charge >= 0.3 is 6.03 Å². The molecule has 4 amide bonds. The Balaban J connectivity index is 1.23. The van der Waals surface area contributed by atoms with Crippen molar-refractivity contribution in [2.24, 2.45) is 5.92 Å². The van der Waals surface area contributed by atoms with E-state index in [9.17, 15) is 14.4 Å². The van der Waals surface area contributed by atoms with Crippen LogP contribution in [0.5, 0.6) is 0 Å². The van der Waals surface area contributed by atoms with Gasteiger partial charge in [0, 0.05) is 19.1 Å². The molecular weight excluding hydrogens is 410 g/mol. The summed E-state index contributed by atoms with van der Waals surface area (Å²) in [5.41, 5.74) is 2.60. The smallest absolute Gasteiger partial charge is 0.325 e. The first-order valence-electron chi connectivity index (χ1n) is 11.0. The normalized spacial score (nSPS) is 24.5. The number of nitrogens with zero attached hydrogens (tertiary/aromatic N) is 2. The number of amides is 4. The molecule has 5 rings (SSSR count). The minimum absolute atomic E-state index is 0.0305. The molecule has 6 nitrogen and oxygen atoms in total. The third kappa shape index (κ3) is 3.55. The van der Waals surface area contributed by atoms with Crippen molar-refractivity contribution in [1.29, 1.82) is 0 Å². The Morgan fingerprint density at radius 2 is 1.81 bits per heavy atom. The van der Waals surface area contributed by atoms with Gasteiger partial charge in [0.2, 0.25) is 5.91 Å². The molecule has 3 heterocycles. The summed E-state index contributed by atoms with van der Waals surface area (Å²) < 4.78 is 0. The Kier molecular flexibility index (Phi) is 5.08. The van der Waals surface area contributed by atoms with Crippen molar-refractivity contribution < 1.29 is 14.4 Å². The molecule has 1 aromatic carbocycles. The van der Waals surface area contributed by atoms with Crippen molar-refractivity contribution in [1.82, 2.24) is 15.1 Å². The van der Waals surface area contributed by atoms with Crippen LogP contribution in [0.25, 0.3) is 0 Å². The van der Waals surface area contributed by atoms with Crippen LogP contribution in [-0.4, -0.2) is 52.3 Å². The fourth-order valence-electron chi connectivity index (χ4n) is 5.39. The second-order valence-electron chi connectivity index (χ2n) is 9.10. The van der Waals surface area contributed by atoms with Crippen molar-refractivity contribution in [3.63, 3.8) is 0 Å². The molecule has 0 bridgehead atoms. The van der Waals surface area contributed by atoms with E-state index in [0.717, 1.165) is 31.2 Å². The lowest BCUT2D eigenvalue weighted by Crippen LogP contribution is -2.55. The zero-order valence-electron chi connectivity index (χ0n) is 17.7. The van der Waals surface area contributed by atoms with E-state index in [4.69, 9.17) is 0 Å². The summed E-state index contributed by atoms with van der Waals surface area (Å²) in [6.07, 6.45) is 3.31. The number of hydrogen-bond donors (Lipinski definition) is 1. The second-order valence-corrected chi connectivity index (χ2v) is 9.88. The molecular formula is C24H27N3O3S. The van der Waals surface area contributed by atoms with Crippen LogP contribution in [0.4, 0.5) is 4.79 Å². The predicted octanol–water partition coefficient (Wildman–Crippen LogP) is 3.01. The zero-order valence-corrected chi connectivity index (χ0v) is 18.5. The lowest BCUT2D eigenvalue weighted by atomic mass is 9.78. The van der Waals surface area contributed by atoms with Crippen LogP contribution in [0, 0.1) is 5.92 Å². The number of benzene rings is 1. The molecule has 0 radical (unpaired) electrons. The molecule has 0 spiro atoms. The summed E-state index contributed by atoms with van der Waals surface area (Å²) in [6, 6.07) is 9.76. The minimum Gasteiger partial charge on any atom is -0.342 e. The molecule has 0 unspecified atom stereocenters. The van der Waals surface area contributed by atoms with E-state index in [1.165, 1.54) is 16.0 Å². The average molecular weight is 438 g/mol. The fraction of sp³-hybridized carbons (Fsp3) is 0.458. The molecule has 1 atom stereocenters. The predicted molar refractivity (Wildman–Crippen MR) is 119 cm³/mol. The number of carbonyl (C=O) groups is 3. The third-order valence-corrected chi connectivity index (χ3v) is 7.97. The van der Waals surface area contributed by atoms with E-state index in [-0.39, 0.29) is 29.8 Å². The molecule has 1 aromatic heterocycles. The van der Waals surface area contributed by atoms with Crippen LogP contribution in [0.2, 0.25) is 0 Å². The topological polar surface area (TPSA) is 69.7 Å². The van der Waals surface area contributed by atoms with Crippen LogP contribution in [0.1, 0.15) is 36.5 Å². The van der Waals surface area contributed by atoms with Gasteiger partial charge in [-0.2, -0.15) is 11.3 Å². The van der Waals surface area contributed by atoms with Crippen molar-refractivity contribution in [3.05, 3.63) is 57.8 Å². The highest BCUT2D eigenvalue weighted by Gasteiger charge is 2.55. The number of nitrogens with one attached hydrogen (secondary N) is 1. The van der Waals surface area contributed by atoms with E-state index in [1.807, 2.05) is 40.8 Å². The van der Waals surface area contributed by atoms with Gasteiger partial charge in [0.25, 0.3) is 5.91 Å². The number of likely N-dealkylation sites (tertiary alicyclic amines) is 1. The summed E-state index contributed by atoms with van der Waals surface area (Å²) in [7, 11) is 0. The maximum Gasteiger partial charge on any atom is 0.325 e. The first kappa shape index (κ1) is 20.2. The lowest BCUT2D eigenvalue weighted by molar-refractivity contribution is -0.136. The largest absolute Gasteiger partial charge is 0.342 e. The Bertz CT molecular complexity index is 988. The van der Waals surface area contributed by atoms with Gasteiger partial charge in [-0.05, 0) is 72.0 Å². The van der Waals surface area contributed by atoms with Gasteiger partial charge in [0.15, 0.2) is 0 Å². The molecule has 162 valence electrons. The molecule has 2 fully saturated rings. The maximum absolute atomic E-state index is 13.5. The van der Waals surface area contributed by atoms with E-state index < -0.39 is 5.54 Å². The molecule has 7 heteroatoms. The molecule has 0 saturated carbocycles. The summed E-state index contributed by atoms with van der Waals surface area (Å²) in [4.78, 5) is 42.3. The number of thiophene rings is 1. The Morgan fingerprint density at radius 3 is 2.42 bits per heavy atom. The molecule has 3 aliphatic rings. The Labute approximate surface area is 186 Å². The van der Waals surface area contributed by atoms with E-state index in [0.29, 0.717) is 19.5 Å². The highest BCUT2D eigenvalue weighted by molar-refractivity contribution is 7.08. The molecule has 1 aliphatic carbocycles. The quantitative estimate of drug-likeness (QED) is 0.748. The Hall–Kier alpha value is -2.67. The van der Waals surface area contributed by atoms with Crippen LogP contribution < -0.4 is 5.32 Å². The van der Waals surface area contributed by atoms with E-state index in [2.05, 4.69) is 17.4 Å². The van der Waals surface area contributed by atoms with Crippen molar-refractivity contribution in [2.45, 2.75) is 50.6 Å². The second kappa shape index (κ2) is 7.79. The average Bonchev–Trinajstić information content (AvgIpc) is 3.47. The van der Waals surface area contributed by atoms with Gasteiger partial charge < -0.3 is 10.2 Å². The van der Waals surface area contributed by atoms with Gasteiger partial charge in [-0.15, -0.1) is 0 Å². The third-order valence-electron chi connectivity index (χ3n) is 7.24. The summed E-state index contributed by atoms with van der Waals surface area (Å²) in [5.74, 6) is 0.0513. The van der Waals surface area contributed by atoms with Crippen LogP contribution >= 0.6 is 11.3 Å². The summed E-state index contributed by atoms with van der Waals surface area (Å²) >= 11 is 1.60. The van der Waals surface area contributed by atoms with Gasteiger partial charge in [-0.25, -0.2) is 4.79 Å². The minimum atomic E-state index is -0.894. The van der Waals surface area contributed by atoms with Gasteiger partial charge in [0.05, 0.1) is 6.42 Å². The van der Waals surface area contributed by atoms with Gasteiger partial charge in [0.1, 0.15) is 5.54 Å². The van der Waals surface area contributed by atoms with Crippen LogP contribution in [0.3, 0.4) is 0 Å². The number of urea groups is 1. The number of hydrogen-bond acceptors (Lipinski definition) is 4. The SMILES string of the molecule is C[C@]1(C2CCN(C(=O)Cc3ccsc3)CC2)NC(=O)N(C2Cc3ccccc3C2)C1=O. The van der Waals surface area contributed by atoms with Crippen molar-refractivity contribution in [2.75, 3.05) is 13.1 Å². The number of carbonyl (C=O) groups excluding carboxylic acids is 3. The molecule has 2 aromatic rings. The first-order valence-corrected chi connectivity index (χ1v) is 11.9. The first-order chi connectivity index (χ1) is 15.0. The van der Waals surface area contributed by atoms with Gasteiger partial charge in [-0.1, -0.05) is 24.3 Å². The standard InChI is InChI=1S/C24H27N3O3S/c1-24(19-6-9-26(10-7-19)21(28)12-16-8-11-31-15-16)22(29)27(23(30)25-24)20-13-17-4-2-3-5-18(17)14-20/h2-5,8,11,15,19-20H,6-7,9-10,12-14H2,1H3,(H,25,30)/t24-/m1/s1. The highest BCUT2D eigenvalue weighted by Crippen LogP contribution is 2.36. The number of fused-ring (bicyclic) bond motifs is 1. The molecule has 2 aliphatic heterocycles. The number of imide groups is 1. The summed E-state index contributed by atoms with van der Waals surface area (Å²) in [6.45, 7) is 3.12. The zero-order chi connectivity index (χ0) is 21.6. The maximum atomic E-state index is 13.5. The molecule has 31 heavy (non-hydrogen) atoms. The van der Waals surface area contributed by atoms with Crippen molar-refractivity contribution >= 4 is 29.2 Å². The molecule has 2 saturated heterocycles.